The molecule has 114 valence electrons. The van der Waals surface area contributed by atoms with Crippen LogP contribution in [0.3, 0.4) is 0 Å². The van der Waals surface area contributed by atoms with Crippen LogP contribution in [0.15, 0.2) is 18.2 Å². The van der Waals surface area contributed by atoms with Gasteiger partial charge in [-0.1, -0.05) is 12.1 Å². The summed E-state index contributed by atoms with van der Waals surface area (Å²) in [4.78, 5) is 33.7. The second kappa shape index (κ2) is 7.42. The maximum Gasteiger partial charge on any atom is 0.328 e. The van der Waals surface area contributed by atoms with Crippen LogP contribution in [0.2, 0.25) is 0 Å². The van der Waals surface area contributed by atoms with Crippen molar-refractivity contribution in [3.8, 4) is 5.75 Å². The van der Waals surface area contributed by atoms with Gasteiger partial charge in [-0.25, -0.2) is 4.79 Å². The van der Waals surface area contributed by atoms with E-state index in [1.54, 1.807) is 25.1 Å². The Labute approximate surface area is 123 Å². The number of methoxy groups -OCH3 is 1. The average molecular weight is 293 g/mol. The van der Waals surface area contributed by atoms with Gasteiger partial charge < -0.3 is 14.8 Å². The van der Waals surface area contributed by atoms with Gasteiger partial charge in [0.2, 0.25) is 5.91 Å². The largest absolute Gasteiger partial charge is 0.467 e. The zero-order valence-electron chi connectivity index (χ0n) is 12.6. The summed E-state index contributed by atoms with van der Waals surface area (Å²) in [5, 5.41) is 2.55. The minimum Gasteiger partial charge on any atom is -0.467 e. The Balaban J connectivity index is 2.89. The molecule has 1 aromatic rings. The van der Waals surface area contributed by atoms with E-state index in [0.717, 1.165) is 11.1 Å². The molecule has 1 aromatic carbocycles. The lowest BCUT2D eigenvalue weighted by Crippen LogP contribution is -2.42. The lowest BCUT2D eigenvalue weighted by molar-refractivity contribution is -0.144. The number of nitrogens with one attached hydrogen (secondary N) is 1. The van der Waals surface area contributed by atoms with Crippen molar-refractivity contribution in [1.29, 1.82) is 0 Å². The summed E-state index contributed by atoms with van der Waals surface area (Å²) in [5.41, 5.74) is 1.60. The summed E-state index contributed by atoms with van der Waals surface area (Å²) in [6, 6.07) is 4.46. The van der Waals surface area contributed by atoms with Gasteiger partial charge in [0.15, 0.2) is 0 Å². The van der Waals surface area contributed by atoms with Gasteiger partial charge in [0.25, 0.3) is 0 Å². The van der Waals surface area contributed by atoms with Gasteiger partial charge in [-0.3, -0.25) is 9.59 Å². The van der Waals surface area contributed by atoms with E-state index >= 15 is 0 Å². The van der Waals surface area contributed by atoms with Crippen LogP contribution >= 0.6 is 0 Å². The lowest BCUT2D eigenvalue weighted by Gasteiger charge is -2.16. The van der Waals surface area contributed by atoms with Crippen LogP contribution in [0.25, 0.3) is 0 Å². The lowest BCUT2D eigenvalue weighted by atomic mass is 10.0. The molecule has 0 saturated carbocycles. The van der Waals surface area contributed by atoms with E-state index < -0.39 is 18.0 Å². The predicted molar refractivity (Wildman–Crippen MR) is 75.8 cm³/mol. The molecule has 1 rings (SSSR count). The second-order valence-electron chi connectivity index (χ2n) is 4.67. The molecule has 1 atom stereocenters. The van der Waals surface area contributed by atoms with E-state index in [1.165, 1.54) is 21.0 Å². The Morgan fingerprint density at radius 1 is 1.24 bits per heavy atom. The van der Waals surface area contributed by atoms with Crippen molar-refractivity contribution < 1.29 is 23.9 Å². The fourth-order valence-corrected chi connectivity index (χ4v) is 1.92. The normalized spacial score (nSPS) is 11.4. The number of rotatable bonds is 5. The highest BCUT2D eigenvalue weighted by atomic mass is 16.5. The fraction of sp³-hybridized carbons (Fsp3) is 0.400. The first-order valence-corrected chi connectivity index (χ1v) is 6.46. The maximum atomic E-state index is 11.6. The van der Waals surface area contributed by atoms with Crippen molar-refractivity contribution in [2.75, 3.05) is 7.11 Å². The summed E-state index contributed by atoms with van der Waals surface area (Å²) < 4.78 is 9.71. The minimum absolute atomic E-state index is 0.299. The molecule has 0 aliphatic heterocycles. The van der Waals surface area contributed by atoms with E-state index in [2.05, 4.69) is 10.1 Å². The molecule has 0 aliphatic rings. The highest BCUT2D eigenvalue weighted by Gasteiger charge is 2.20. The van der Waals surface area contributed by atoms with E-state index in [1.807, 2.05) is 0 Å². The number of ether oxygens (including phenoxy) is 2. The summed E-state index contributed by atoms with van der Waals surface area (Å²) in [5.74, 6) is -0.734. The van der Waals surface area contributed by atoms with Crippen LogP contribution in [0.4, 0.5) is 0 Å². The molecule has 6 nitrogen and oxygen atoms in total. The van der Waals surface area contributed by atoms with Crippen molar-refractivity contribution in [1.82, 2.24) is 5.32 Å². The molecule has 0 fully saturated rings. The summed E-state index contributed by atoms with van der Waals surface area (Å²) in [6.45, 7) is 4.47. The zero-order chi connectivity index (χ0) is 16.0. The Kier molecular flexibility index (Phi) is 5.90. The predicted octanol–water partition coefficient (Wildman–Crippen LogP) is 1.14. The molecule has 0 radical (unpaired) electrons. The van der Waals surface area contributed by atoms with Crippen molar-refractivity contribution in [3.63, 3.8) is 0 Å². The van der Waals surface area contributed by atoms with Crippen molar-refractivity contribution in [2.45, 2.75) is 33.2 Å². The van der Waals surface area contributed by atoms with Gasteiger partial charge in [-0.05, 0) is 24.1 Å². The molecule has 0 unspecified atom stereocenters. The first kappa shape index (κ1) is 16.7. The molecule has 0 aliphatic carbocycles. The molecular formula is C15H19NO5. The molecule has 1 amide bonds. The van der Waals surface area contributed by atoms with Crippen molar-refractivity contribution in [2.24, 2.45) is 0 Å². The van der Waals surface area contributed by atoms with Gasteiger partial charge in [-0.2, -0.15) is 0 Å². The van der Waals surface area contributed by atoms with E-state index in [9.17, 15) is 14.4 Å². The Hall–Kier alpha value is -2.37. The van der Waals surface area contributed by atoms with Gasteiger partial charge in [0.1, 0.15) is 11.8 Å². The number of carbonyl (C=O) groups is 3. The molecule has 21 heavy (non-hydrogen) atoms. The molecule has 0 aromatic heterocycles. The summed E-state index contributed by atoms with van der Waals surface area (Å²) in [7, 11) is 1.27. The highest BCUT2D eigenvalue weighted by Crippen LogP contribution is 2.20. The minimum atomic E-state index is -0.744. The number of amides is 1. The van der Waals surface area contributed by atoms with Crippen molar-refractivity contribution in [3.05, 3.63) is 29.3 Å². The number of hydrogen-bond donors (Lipinski definition) is 1. The molecular weight excluding hydrogens is 274 g/mol. The summed E-state index contributed by atoms with van der Waals surface area (Å²) in [6.07, 6.45) is 0.299. The first-order chi connectivity index (χ1) is 9.83. The third-order valence-corrected chi connectivity index (χ3v) is 2.80. The monoisotopic (exact) mass is 293 g/mol. The van der Waals surface area contributed by atoms with Gasteiger partial charge in [0, 0.05) is 20.3 Å². The van der Waals surface area contributed by atoms with Gasteiger partial charge in [0.05, 0.1) is 7.11 Å². The molecule has 1 N–H and O–H groups in total. The molecule has 6 heteroatoms. The number of carbonyl (C=O) groups excluding carboxylic acids is 3. The maximum absolute atomic E-state index is 11.6. The van der Waals surface area contributed by atoms with Crippen LogP contribution in [0, 0.1) is 6.92 Å². The smallest absolute Gasteiger partial charge is 0.328 e. The summed E-state index contributed by atoms with van der Waals surface area (Å²) >= 11 is 0. The van der Waals surface area contributed by atoms with Crippen LogP contribution in [-0.2, 0) is 25.5 Å². The molecule has 0 saturated heterocycles. The average Bonchev–Trinajstić information content (AvgIpc) is 2.39. The van der Waals surface area contributed by atoms with Gasteiger partial charge >= 0.3 is 11.9 Å². The SMILES string of the molecule is COC(=O)[C@@H](Cc1ccc(OC(C)=O)c(C)c1)NC(C)=O. The molecule has 0 spiro atoms. The Bertz CT molecular complexity index is 553. The van der Waals surface area contributed by atoms with Gasteiger partial charge in [-0.15, -0.1) is 0 Å². The molecule has 0 heterocycles. The standard InChI is InChI=1S/C15H19NO5/c1-9-7-12(5-6-14(9)21-11(3)18)8-13(15(19)20-4)16-10(2)17/h5-7,13H,8H2,1-4H3,(H,16,17)/t13-/m1/s1. The van der Waals surface area contributed by atoms with Crippen LogP contribution < -0.4 is 10.1 Å². The van der Waals surface area contributed by atoms with Crippen LogP contribution in [0.1, 0.15) is 25.0 Å². The van der Waals surface area contributed by atoms with E-state index in [4.69, 9.17) is 4.74 Å². The Morgan fingerprint density at radius 2 is 1.90 bits per heavy atom. The van der Waals surface area contributed by atoms with E-state index in [-0.39, 0.29) is 5.91 Å². The third kappa shape index (κ3) is 5.25. The van der Waals surface area contributed by atoms with E-state index in [0.29, 0.717) is 12.2 Å². The van der Waals surface area contributed by atoms with Crippen LogP contribution in [0.5, 0.6) is 5.75 Å². The first-order valence-electron chi connectivity index (χ1n) is 6.46. The van der Waals surface area contributed by atoms with Crippen molar-refractivity contribution >= 4 is 17.8 Å². The topological polar surface area (TPSA) is 81.7 Å². The molecule has 0 bridgehead atoms. The second-order valence-corrected chi connectivity index (χ2v) is 4.67. The quantitative estimate of drug-likeness (QED) is 0.650. The Morgan fingerprint density at radius 3 is 2.38 bits per heavy atom. The number of aryl methyl sites for hydroxylation is 1. The third-order valence-electron chi connectivity index (χ3n) is 2.80. The number of benzene rings is 1. The highest BCUT2D eigenvalue weighted by molar-refractivity contribution is 5.83. The number of hydrogen-bond acceptors (Lipinski definition) is 5. The van der Waals surface area contributed by atoms with Crippen LogP contribution in [-0.4, -0.2) is 31.0 Å². The number of esters is 2. The fourth-order valence-electron chi connectivity index (χ4n) is 1.92. The zero-order valence-corrected chi connectivity index (χ0v) is 12.6.